The Balaban J connectivity index is 1.02. The van der Waals surface area contributed by atoms with Crippen molar-refractivity contribution < 1.29 is 0 Å². The molecule has 0 bridgehead atoms. The van der Waals surface area contributed by atoms with Gasteiger partial charge in [0.2, 0.25) is 0 Å². The second-order valence-electron chi connectivity index (χ2n) is 16.5. The summed E-state index contributed by atoms with van der Waals surface area (Å²) in [6.45, 7) is 4.55. The number of unbranched alkanes of at least 4 members (excludes halogenated alkanes) is 1. The van der Waals surface area contributed by atoms with E-state index in [1.54, 1.807) is 11.1 Å². The molecule has 10 rings (SSSR count). The van der Waals surface area contributed by atoms with E-state index in [0.717, 1.165) is 63.3 Å². The SMILES string of the molecule is CCCCc1cc(-c2ccc(-c3cc(-c4ccc(-c5cncc6ccccc56)cc4)nc(-c4ccc(C5CCC6=C(C=CCC6)C5)cc4)n3)cc2)c2ccccc2c1C. The largest absolute Gasteiger partial charge is 0.263 e. The Morgan fingerprint density at radius 3 is 1.98 bits per heavy atom. The Labute approximate surface area is 348 Å². The zero-order valence-corrected chi connectivity index (χ0v) is 34.1. The van der Waals surface area contributed by atoms with Gasteiger partial charge in [0.25, 0.3) is 0 Å². The van der Waals surface area contributed by atoms with Crippen LogP contribution in [0.25, 0.3) is 77.7 Å². The third-order valence-corrected chi connectivity index (χ3v) is 12.9. The van der Waals surface area contributed by atoms with Crippen molar-refractivity contribution in [2.75, 3.05) is 0 Å². The zero-order valence-electron chi connectivity index (χ0n) is 34.1. The highest BCUT2D eigenvalue weighted by atomic mass is 14.9. The Morgan fingerprint density at radius 2 is 1.25 bits per heavy atom. The summed E-state index contributed by atoms with van der Waals surface area (Å²) >= 11 is 0. The van der Waals surface area contributed by atoms with Gasteiger partial charge in [-0.2, -0.15) is 0 Å². The monoisotopic (exact) mass is 763 g/mol. The molecule has 0 fully saturated rings. The molecule has 3 nitrogen and oxygen atoms in total. The van der Waals surface area contributed by atoms with Crippen LogP contribution in [0.4, 0.5) is 0 Å². The topological polar surface area (TPSA) is 38.7 Å². The number of nitrogens with zero attached hydrogens (tertiary/aromatic N) is 3. The lowest BCUT2D eigenvalue weighted by molar-refractivity contribution is 0.567. The number of hydrogen-bond acceptors (Lipinski definition) is 3. The average molecular weight is 764 g/mol. The number of fused-ring (bicyclic) bond motifs is 2. The number of aryl methyl sites for hydroxylation is 2. The maximum atomic E-state index is 5.27. The third-order valence-electron chi connectivity index (χ3n) is 12.9. The summed E-state index contributed by atoms with van der Waals surface area (Å²) in [5.74, 6) is 1.29. The number of benzene rings is 6. The molecule has 6 aromatic carbocycles. The van der Waals surface area contributed by atoms with Crippen LogP contribution in [0.5, 0.6) is 0 Å². The summed E-state index contributed by atoms with van der Waals surface area (Å²) in [5.41, 5.74) is 17.3. The van der Waals surface area contributed by atoms with Gasteiger partial charge in [-0.25, -0.2) is 9.97 Å². The van der Waals surface area contributed by atoms with Crippen molar-refractivity contribution >= 4 is 21.5 Å². The van der Waals surface area contributed by atoms with Crippen molar-refractivity contribution in [1.82, 2.24) is 15.0 Å². The summed E-state index contributed by atoms with van der Waals surface area (Å²) in [6.07, 6.45) is 18.1. The van der Waals surface area contributed by atoms with Crippen LogP contribution in [-0.2, 0) is 6.42 Å². The summed E-state index contributed by atoms with van der Waals surface area (Å²) < 4.78 is 0. The fourth-order valence-electron chi connectivity index (χ4n) is 9.47. The van der Waals surface area contributed by atoms with Crippen LogP contribution in [0, 0.1) is 6.92 Å². The molecule has 0 saturated carbocycles. The van der Waals surface area contributed by atoms with Crippen molar-refractivity contribution in [1.29, 1.82) is 0 Å². The molecule has 1 unspecified atom stereocenters. The van der Waals surface area contributed by atoms with Gasteiger partial charge >= 0.3 is 0 Å². The standard InChI is InChI=1S/C56H49N3/c1-3-4-11-45-33-52(51-17-10-9-15-49(51)37(45)2)40-21-25-42(26-22-40)54-34-55(43-27-23-41(24-28-43)53-36-57-35-48-14-7-8-16-50(48)53)59-56(58-54)44-29-18-39(19-30-44)47-31-20-38-12-5-6-13-46(38)32-47/h6-10,13-19,21-30,33-36,47H,3-5,11-12,20,31-32H2,1-2H3. The fraction of sp³-hybridized carbons (Fsp3) is 0.196. The molecule has 0 aliphatic heterocycles. The highest BCUT2D eigenvalue weighted by Gasteiger charge is 2.23. The van der Waals surface area contributed by atoms with Gasteiger partial charge in [0.05, 0.1) is 11.4 Å². The molecule has 3 heteroatoms. The fourth-order valence-corrected chi connectivity index (χ4v) is 9.47. The minimum Gasteiger partial charge on any atom is -0.263 e. The number of allylic oxidation sites excluding steroid dienone is 4. The van der Waals surface area contributed by atoms with Gasteiger partial charge in [-0.3, -0.25) is 4.98 Å². The molecule has 288 valence electrons. The summed E-state index contributed by atoms with van der Waals surface area (Å²) in [4.78, 5) is 15.1. The van der Waals surface area contributed by atoms with Crippen molar-refractivity contribution in [3.05, 3.63) is 186 Å². The van der Waals surface area contributed by atoms with Gasteiger partial charge in [0.15, 0.2) is 5.82 Å². The van der Waals surface area contributed by atoms with Crippen molar-refractivity contribution in [2.24, 2.45) is 0 Å². The van der Waals surface area contributed by atoms with E-state index in [1.807, 2.05) is 12.4 Å². The molecule has 0 saturated heterocycles. The van der Waals surface area contributed by atoms with Gasteiger partial charge in [-0.05, 0) is 119 Å². The first-order valence-corrected chi connectivity index (χ1v) is 21.5. The van der Waals surface area contributed by atoms with Crippen LogP contribution in [0.3, 0.4) is 0 Å². The second-order valence-corrected chi connectivity index (χ2v) is 16.5. The highest BCUT2D eigenvalue weighted by Crippen LogP contribution is 2.41. The van der Waals surface area contributed by atoms with Gasteiger partial charge in [0.1, 0.15) is 0 Å². The number of rotatable bonds is 9. The van der Waals surface area contributed by atoms with E-state index in [2.05, 4.69) is 164 Å². The average Bonchev–Trinajstić information content (AvgIpc) is 3.31. The maximum absolute atomic E-state index is 5.27. The third kappa shape index (κ3) is 7.31. The Kier molecular flexibility index (Phi) is 10.0. The van der Waals surface area contributed by atoms with E-state index in [1.165, 1.54) is 82.5 Å². The summed E-state index contributed by atoms with van der Waals surface area (Å²) in [5, 5.41) is 4.98. The van der Waals surface area contributed by atoms with E-state index in [9.17, 15) is 0 Å². The Bertz CT molecular complexity index is 2870. The lowest BCUT2D eigenvalue weighted by atomic mass is 9.77. The quantitative estimate of drug-likeness (QED) is 0.147. The molecule has 59 heavy (non-hydrogen) atoms. The first kappa shape index (κ1) is 36.9. The first-order valence-electron chi connectivity index (χ1n) is 21.5. The number of pyridine rings is 1. The Morgan fingerprint density at radius 1 is 0.610 bits per heavy atom. The van der Waals surface area contributed by atoms with E-state index in [-0.39, 0.29) is 0 Å². The van der Waals surface area contributed by atoms with Gasteiger partial charge < -0.3 is 0 Å². The van der Waals surface area contributed by atoms with Gasteiger partial charge in [-0.15, -0.1) is 0 Å². The highest BCUT2D eigenvalue weighted by molar-refractivity contribution is 6.00. The summed E-state index contributed by atoms with van der Waals surface area (Å²) in [6, 6.07) is 48.7. The van der Waals surface area contributed by atoms with Crippen LogP contribution < -0.4 is 0 Å². The minimum absolute atomic E-state index is 0.552. The Hall–Kier alpha value is -6.45. The maximum Gasteiger partial charge on any atom is 0.160 e. The van der Waals surface area contributed by atoms with Crippen molar-refractivity contribution in [3.63, 3.8) is 0 Å². The first-order chi connectivity index (χ1) is 29.1. The summed E-state index contributed by atoms with van der Waals surface area (Å²) in [7, 11) is 0. The molecule has 8 aromatic rings. The molecule has 0 amide bonds. The van der Waals surface area contributed by atoms with Crippen LogP contribution >= 0.6 is 0 Å². The van der Waals surface area contributed by atoms with Crippen LogP contribution in [0.1, 0.15) is 74.5 Å². The van der Waals surface area contributed by atoms with Gasteiger partial charge in [0, 0.05) is 40.0 Å². The minimum atomic E-state index is 0.552. The molecule has 1 atom stereocenters. The van der Waals surface area contributed by atoms with Crippen molar-refractivity contribution in [2.45, 2.75) is 71.1 Å². The molecule has 0 spiro atoms. The molecule has 2 heterocycles. The molecule has 0 N–H and O–H groups in total. The molecule has 0 radical (unpaired) electrons. The molecule has 2 aromatic heterocycles. The lowest BCUT2D eigenvalue weighted by Gasteiger charge is -2.28. The van der Waals surface area contributed by atoms with Crippen LogP contribution in [-0.4, -0.2) is 15.0 Å². The zero-order chi connectivity index (χ0) is 39.7. The van der Waals surface area contributed by atoms with Gasteiger partial charge in [-0.1, -0.05) is 158 Å². The lowest BCUT2D eigenvalue weighted by Crippen LogP contribution is -2.10. The molecule has 2 aliphatic rings. The van der Waals surface area contributed by atoms with Crippen LogP contribution in [0.15, 0.2) is 169 Å². The smallest absolute Gasteiger partial charge is 0.160 e. The van der Waals surface area contributed by atoms with E-state index in [4.69, 9.17) is 9.97 Å². The predicted molar refractivity (Wildman–Crippen MR) is 247 cm³/mol. The molecule has 2 aliphatic carbocycles. The normalized spacial score (nSPS) is 15.2. The molecular formula is C56H49N3. The number of aromatic nitrogens is 3. The molecular weight excluding hydrogens is 715 g/mol. The van der Waals surface area contributed by atoms with E-state index < -0.39 is 0 Å². The second kappa shape index (κ2) is 16.1. The van der Waals surface area contributed by atoms with Crippen LogP contribution in [0.2, 0.25) is 0 Å². The number of hydrogen-bond donors (Lipinski definition) is 0. The van der Waals surface area contributed by atoms with Crippen molar-refractivity contribution in [3.8, 4) is 56.2 Å². The van der Waals surface area contributed by atoms with E-state index in [0.29, 0.717) is 5.92 Å². The predicted octanol–water partition coefficient (Wildman–Crippen LogP) is 15.1. The van der Waals surface area contributed by atoms with E-state index >= 15 is 0 Å².